The third kappa shape index (κ3) is 5.46. The number of carbonyl (C=O) groups is 1. The summed E-state index contributed by atoms with van der Waals surface area (Å²) in [5, 5.41) is 4.62. The van der Waals surface area contributed by atoms with Crippen molar-refractivity contribution in [2.75, 3.05) is 26.2 Å². The Kier molecular flexibility index (Phi) is 6.48. The molecule has 0 spiro atoms. The zero-order valence-corrected chi connectivity index (χ0v) is 17.7. The zero-order valence-electron chi connectivity index (χ0n) is 17.0. The molecule has 6 nitrogen and oxygen atoms in total. The summed E-state index contributed by atoms with van der Waals surface area (Å²) < 4.78 is 44.0. The lowest BCUT2D eigenvalue weighted by atomic mass is 10.1. The van der Waals surface area contributed by atoms with Gasteiger partial charge in [-0.1, -0.05) is 35.0 Å². The van der Waals surface area contributed by atoms with Crippen LogP contribution in [0.3, 0.4) is 0 Å². The number of aromatic nitrogens is 2. The van der Waals surface area contributed by atoms with Crippen LogP contribution in [-0.4, -0.2) is 52.0 Å². The summed E-state index contributed by atoms with van der Waals surface area (Å²) in [7, 11) is 0. The number of benzene rings is 2. The van der Waals surface area contributed by atoms with Crippen molar-refractivity contribution in [1.82, 2.24) is 19.9 Å². The molecule has 0 saturated carbocycles. The Labute approximate surface area is 187 Å². The molecule has 10 heteroatoms. The molecule has 1 aliphatic heterocycles. The number of rotatable bonds is 5. The van der Waals surface area contributed by atoms with Gasteiger partial charge in [-0.25, -0.2) is 0 Å². The van der Waals surface area contributed by atoms with Crippen molar-refractivity contribution in [2.24, 2.45) is 0 Å². The molecule has 0 bridgehead atoms. The van der Waals surface area contributed by atoms with Crippen molar-refractivity contribution in [3.8, 4) is 11.4 Å². The van der Waals surface area contributed by atoms with Crippen LogP contribution in [0, 0.1) is 0 Å². The van der Waals surface area contributed by atoms with E-state index < -0.39 is 11.7 Å². The molecule has 0 aliphatic carbocycles. The van der Waals surface area contributed by atoms with Crippen molar-refractivity contribution >= 4 is 17.5 Å². The number of hydrogen-bond donors (Lipinski definition) is 0. The molecule has 0 atom stereocenters. The Hall–Kier alpha value is -2.91. The van der Waals surface area contributed by atoms with E-state index in [9.17, 15) is 18.0 Å². The van der Waals surface area contributed by atoms with Gasteiger partial charge in [0.05, 0.1) is 18.5 Å². The Morgan fingerprint density at radius 2 is 1.78 bits per heavy atom. The first-order chi connectivity index (χ1) is 15.3. The molecule has 168 valence electrons. The number of carbonyl (C=O) groups excluding carboxylic acids is 1. The molecule has 1 fully saturated rings. The van der Waals surface area contributed by atoms with Gasteiger partial charge in [-0.2, -0.15) is 18.2 Å². The summed E-state index contributed by atoms with van der Waals surface area (Å²) in [6.07, 6.45) is -4.48. The van der Waals surface area contributed by atoms with E-state index in [0.717, 1.165) is 17.7 Å². The lowest BCUT2D eigenvalue weighted by molar-refractivity contribution is -0.138. The minimum absolute atomic E-state index is 0.0575. The molecule has 2 heterocycles. The molecule has 0 N–H and O–H groups in total. The second-order valence-electron chi connectivity index (χ2n) is 7.55. The summed E-state index contributed by atoms with van der Waals surface area (Å²) in [5.74, 6) is 0.761. The lowest BCUT2D eigenvalue weighted by Crippen LogP contribution is -2.48. The molecule has 1 aliphatic rings. The van der Waals surface area contributed by atoms with E-state index >= 15 is 0 Å². The number of nitrogens with zero attached hydrogens (tertiary/aromatic N) is 4. The fourth-order valence-electron chi connectivity index (χ4n) is 3.53. The predicted octanol–water partition coefficient (Wildman–Crippen LogP) is 4.30. The van der Waals surface area contributed by atoms with E-state index in [1.54, 1.807) is 17.0 Å². The van der Waals surface area contributed by atoms with E-state index in [1.807, 2.05) is 12.1 Å². The van der Waals surface area contributed by atoms with Gasteiger partial charge in [0.1, 0.15) is 0 Å². The predicted molar refractivity (Wildman–Crippen MR) is 112 cm³/mol. The van der Waals surface area contributed by atoms with Crippen molar-refractivity contribution in [1.29, 1.82) is 0 Å². The van der Waals surface area contributed by atoms with E-state index in [1.165, 1.54) is 12.1 Å². The molecular formula is C22H20ClF3N4O2. The molecule has 1 aromatic heterocycles. The second-order valence-corrected chi connectivity index (χ2v) is 7.99. The molecule has 4 rings (SSSR count). The van der Waals surface area contributed by atoms with Crippen molar-refractivity contribution in [3.63, 3.8) is 0 Å². The maximum atomic E-state index is 12.9. The Bertz CT molecular complexity index is 1080. The molecule has 3 aromatic rings. The van der Waals surface area contributed by atoms with Gasteiger partial charge in [-0.15, -0.1) is 0 Å². The van der Waals surface area contributed by atoms with Crippen LogP contribution >= 0.6 is 11.6 Å². The van der Waals surface area contributed by atoms with Gasteiger partial charge in [-0.3, -0.25) is 9.69 Å². The molecular weight excluding hydrogens is 445 g/mol. The third-order valence-electron chi connectivity index (χ3n) is 5.26. The topological polar surface area (TPSA) is 62.5 Å². The highest BCUT2D eigenvalue weighted by molar-refractivity contribution is 6.30. The zero-order chi connectivity index (χ0) is 22.7. The van der Waals surface area contributed by atoms with Gasteiger partial charge in [0.2, 0.25) is 17.6 Å². The van der Waals surface area contributed by atoms with Crippen molar-refractivity contribution < 1.29 is 22.5 Å². The normalized spacial score (nSPS) is 15.2. The highest BCUT2D eigenvalue weighted by Crippen LogP contribution is 2.29. The summed E-state index contributed by atoms with van der Waals surface area (Å²) in [6, 6.07) is 12.0. The maximum Gasteiger partial charge on any atom is 0.416 e. The Morgan fingerprint density at radius 3 is 2.47 bits per heavy atom. The standard InChI is InChI=1S/C22H20ClF3N4O2/c23-18-6-4-16(5-7-18)21-27-19(32-28-21)14-29-8-10-30(11-9-29)20(31)13-15-2-1-3-17(12-15)22(24,25)26/h1-7,12H,8-11,13-14H2. The van der Waals surface area contributed by atoms with Gasteiger partial charge in [-0.05, 0) is 35.9 Å². The largest absolute Gasteiger partial charge is 0.416 e. The number of halogens is 4. The first-order valence-electron chi connectivity index (χ1n) is 10.0. The van der Waals surface area contributed by atoms with Crippen LogP contribution in [0.1, 0.15) is 17.0 Å². The van der Waals surface area contributed by atoms with Gasteiger partial charge < -0.3 is 9.42 Å². The summed E-state index contributed by atoms with van der Waals surface area (Å²) in [4.78, 5) is 20.7. The van der Waals surface area contributed by atoms with E-state index in [2.05, 4.69) is 15.0 Å². The maximum absolute atomic E-state index is 12.9. The van der Waals surface area contributed by atoms with Crippen LogP contribution in [0.4, 0.5) is 13.2 Å². The molecule has 1 saturated heterocycles. The van der Waals surface area contributed by atoms with Crippen LogP contribution < -0.4 is 0 Å². The third-order valence-corrected chi connectivity index (χ3v) is 5.52. The van der Waals surface area contributed by atoms with Crippen LogP contribution in [0.15, 0.2) is 53.1 Å². The van der Waals surface area contributed by atoms with Crippen LogP contribution in [0.25, 0.3) is 11.4 Å². The van der Waals surface area contributed by atoms with E-state index in [4.69, 9.17) is 16.1 Å². The average Bonchev–Trinajstić information content (AvgIpc) is 3.23. The van der Waals surface area contributed by atoms with Crippen LogP contribution in [0.5, 0.6) is 0 Å². The fourth-order valence-corrected chi connectivity index (χ4v) is 3.65. The average molecular weight is 465 g/mol. The van der Waals surface area contributed by atoms with Gasteiger partial charge in [0.25, 0.3) is 0 Å². The molecule has 1 amide bonds. The summed E-state index contributed by atoms with van der Waals surface area (Å²) in [6.45, 7) is 2.63. The van der Waals surface area contributed by atoms with Crippen molar-refractivity contribution in [2.45, 2.75) is 19.1 Å². The summed E-state index contributed by atoms with van der Waals surface area (Å²) >= 11 is 5.89. The smallest absolute Gasteiger partial charge is 0.340 e. The van der Waals surface area contributed by atoms with Gasteiger partial charge in [0.15, 0.2) is 0 Å². The highest BCUT2D eigenvalue weighted by Gasteiger charge is 2.30. The second kappa shape index (κ2) is 9.30. The molecule has 32 heavy (non-hydrogen) atoms. The minimum Gasteiger partial charge on any atom is -0.340 e. The van der Waals surface area contributed by atoms with Gasteiger partial charge in [0, 0.05) is 36.8 Å². The first kappa shape index (κ1) is 22.3. The molecule has 0 radical (unpaired) electrons. The lowest BCUT2D eigenvalue weighted by Gasteiger charge is -2.34. The SMILES string of the molecule is O=C(Cc1cccc(C(F)(F)F)c1)N1CCN(Cc2nc(-c3ccc(Cl)cc3)no2)CC1. The highest BCUT2D eigenvalue weighted by atomic mass is 35.5. The first-order valence-corrected chi connectivity index (χ1v) is 10.4. The number of alkyl halides is 3. The van der Waals surface area contributed by atoms with E-state index in [0.29, 0.717) is 55.0 Å². The van der Waals surface area contributed by atoms with Gasteiger partial charge >= 0.3 is 6.18 Å². The fraction of sp³-hybridized carbons (Fsp3) is 0.318. The quantitative estimate of drug-likeness (QED) is 0.563. The number of hydrogen-bond acceptors (Lipinski definition) is 5. The molecule has 2 aromatic carbocycles. The Morgan fingerprint density at radius 1 is 1.06 bits per heavy atom. The summed E-state index contributed by atoms with van der Waals surface area (Å²) in [5.41, 5.74) is 0.410. The van der Waals surface area contributed by atoms with Crippen molar-refractivity contribution in [3.05, 3.63) is 70.6 Å². The monoisotopic (exact) mass is 464 g/mol. The minimum atomic E-state index is -4.42. The van der Waals surface area contributed by atoms with Crippen LogP contribution in [0.2, 0.25) is 5.02 Å². The number of amides is 1. The molecule has 0 unspecified atom stereocenters. The number of piperazine rings is 1. The van der Waals surface area contributed by atoms with E-state index in [-0.39, 0.29) is 12.3 Å². The Balaban J connectivity index is 1.29. The van der Waals surface area contributed by atoms with Crippen LogP contribution in [-0.2, 0) is 23.9 Å².